The fourth-order valence-corrected chi connectivity index (χ4v) is 7.89. The smallest absolute Gasteiger partial charge is 0.302 e. The van der Waals surface area contributed by atoms with Crippen LogP contribution in [0.3, 0.4) is 0 Å². The van der Waals surface area contributed by atoms with E-state index in [9.17, 15) is 9.90 Å². The molecule has 10 nitrogen and oxygen atoms in total. The number of fused-ring (bicyclic) bond motifs is 2. The molecule has 0 aliphatic carbocycles. The first-order valence-electron chi connectivity index (χ1n) is 17.4. The number of esters is 1. The molecule has 4 aromatic rings. The molecule has 51 heavy (non-hydrogen) atoms. The Labute approximate surface area is 299 Å². The minimum absolute atomic E-state index is 0.0294. The normalized spacial score (nSPS) is 18.4. The summed E-state index contributed by atoms with van der Waals surface area (Å²) in [5.41, 5.74) is 7.95. The van der Waals surface area contributed by atoms with Gasteiger partial charge >= 0.3 is 5.97 Å². The average molecular weight is 695 g/mol. The molecule has 0 spiro atoms. The van der Waals surface area contributed by atoms with Gasteiger partial charge in [-0.25, -0.2) is 0 Å². The van der Waals surface area contributed by atoms with Crippen LogP contribution < -0.4 is 23.7 Å². The van der Waals surface area contributed by atoms with E-state index in [0.717, 1.165) is 59.5 Å². The van der Waals surface area contributed by atoms with Gasteiger partial charge in [-0.15, -0.1) is 0 Å². The van der Waals surface area contributed by atoms with Crippen LogP contribution in [0.5, 0.6) is 40.2 Å². The van der Waals surface area contributed by atoms with Gasteiger partial charge in [-0.2, -0.15) is 0 Å². The molecule has 0 saturated heterocycles. The van der Waals surface area contributed by atoms with Crippen molar-refractivity contribution in [2.75, 3.05) is 48.5 Å². The number of methoxy groups -OCH3 is 3. The Morgan fingerprint density at radius 3 is 2.24 bits per heavy atom. The highest BCUT2D eigenvalue weighted by Crippen LogP contribution is 2.53. The summed E-state index contributed by atoms with van der Waals surface area (Å²) in [4.78, 5) is 16.8. The number of aliphatic hydroxyl groups excluding tert-OH is 1. The highest BCUT2D eigenvalue weighted by Gasteiger charge is 2.37. The number of aliphatic hydroxyl groups is 1. The molecule has 0 fully saturated rings. The second kappa shape index (κ2) is 14.5. The first kappa shape index (κ1) is 34.7. The second-order valence-electron chi connectivity index (χ2n) is 13.6. The Balaban J connectivity index is 1.50. The van der Waals surface area contributed by atoms with E-state index >= 15 is 0 Å². The molecule has 1 N–H and O–H groups in total. The predicted molar refractivity (Wildman–Crippen MR) is 193 cm³/mol. The van der Waals surface area contributed by atoms with E-state index in [4.69, 9.17) is 28.4 Å². The first-order chi connectivity index (χ1) is 24.7. The summed E-state index contributed by atoms with van der Waals surface area (Å²) in [6, 6.07) is 18.4. The standard InChI is InChI=1S/C41H46N2O8/c1-24(45)49-23-32-30-14-16-43(3)34-18-26-9-12-35(46-4)37(19-26)50-29-10-7-25(8-11-29)17-33-31-21-36(28(22-44)20-27(31)13-15-42(33)2)51-40(38(30)34)41(48-6)39(32)47-5/h7-12,19-21,33-34,44H,13-18,22-23H2,1-6H3/t33-,34-/m0/s1. The number of likely N-dealkylation sites (N-methyl/N-ethyl adjacent to an activating group) is 2. The molecule has 4 heterocycles. The highest BCUT2D eigenvalue weighted by molar-refractivity contribution is 5.69. The molecule has 0 amide bonds. The zero-order chi connectivity index (χ0) is 35.8. The van der Waals surface area contributed by atoms with Crippen LogP contribution in [0.1, 0.15) is 63.5 Å². The van der Waals surface area contributed by atoms with Gasteiger partial charge in [0.05, 0.1) is 27.9 Å². The molecule has 4 aromatic carbocycles. The van der Waals surface area contributed by atoms with Crippen molar-refractivity contribution in [1.82, 2.24) is 9.80 Å². The number of ether oxygens (including phenoxy) is 6. The molecular weight excluding hydrogens is 648 g/mol. The van der Waals surface area contributed by atoms with Crippen LogP contribution in [0.2, 0.25) is 0 Å². The van der Waals surface area contributed by atoms with Gasteiger partial charge in [0.15, 0.2) is 23.0 Å². The van der Waals surface area contributed by atoms with Crippen LogP contribution in [-0.2, 0) is 48.4 Å². The van der Waals surface area contributed by atoms with Gasteiger partial charge in [0.1, 0.15) is 18.1 Å². The van der Waals surface area contributed by atoms with Gasteiger partial charge < -0.3 is 33.5 Å². The van der Waals surface area contributed by atoms with Gasteiger partial charge in [0.25, 0.3) is 0 Å². The van der Waals surface area contributed by atoms with E-state index < -0.39 is 0 Å². The van der Waals surface area contributed by atoms with Gasteiger partial charge in [0, 0.05) is 48.8 Å². The van der Waals surface area contributed by atoms with Crippen LogP contribution in [0, 0.1) is 0 Å². The summed E-state index contributed by atoms with van der Waals surface area (Å²) >= 11 is 0. The molecule has 2 atom stereocenters. The summed E-state index contributed by atoms with van der Waals surface area (Å²) in [7, 11) is 9.09. The van der Waals surface area contributed by atoms with E-state index in [1.807, 2.05) is 24.3 Å². The lowest BCUT2D eigenvalue weighted by molar-refractivity contribution is -0.142. The molecule has 0 radical (unpaired) electrons. The van der Waals surface area contributed by atoms with Crippen LogP contribution >= 0.6 is 0 Å². The molecular formula is C41H46N2O8. The van der Waals surface area contributed by atoms with Crippen molar-refractivity contribution < 1.29 is 38.3 Å². The van der Waals surface area contributed by atoms with Crippen LogP contribution in [0.15, 0.2) is 54.6 Å². The lowest BCUT2D eigenvalue weighted by Crippen LogP contribution is -2.35. The van der Waals surface area contributed by atoms with Gasteiger partial charge in [-0.3, -0.25) is 14.6 Å². The van der Waals surface area contributed by atoms with Crippen LogP contribution in [0.4, 0.5) is 0 Å². The Hall–Kier alpha value is -4.77. The maximum atomic E-state index is 12.1. The summed E-state index contributed by atoms with van der Waals surface area (Å²) in [5, 5.41) is 10.7. The van der Waals surface area contributed by atoms with Crippen molar-refractivity contribution in [3.05, 3.63) is 99.1 Å². The van der Waals surface area contributed by atoms with Crippen LogP contribution in [0.25, 0.3) is 0 Å². The van der Waals surface area contributed by atoms with E-state index in [0.29, 0.717) is 52.9 Å². The number of rotatable bonds is 6. The zero-order valence-corrected chi connectivity index (χ0v) is 30.2. The lowest BCUT2D eigenvalue weighted by Gasteiger charge is -2.38. The monoisotopic (exact) mass is 694 g/mol. The second-order valence-corrected chi connectivity index (χ2v) is 13.6. The highest BCUT2D eigenvalue weighted by atomic mass is 16.5. The molecule has 8 rings (SSSR count). The Morgan fingerprint density at radius 2 is 1.53 bits per heavy atom. The summed E-state index contributed by atoms with van der Waals surface area (Å²) in [6.45, 7) is 2.89. The van der Waals surface area contributed by atoms with E-state index in [1.165, 1.54) is 18.1 Å². The largest absolute Gasteiger partial charge is 0.493 e. The number of nitrogens with zero attached hydrogens (tertiary/aromatic N) is 2. The fraction of sp³-hybridized carbons (Fsp3) is 0.390. The molecule has 4 aliphatic rings. The Bertz CT molecular complexity index is 1940. The van der Waals surface area contributed by atoms with Crippen molar-refractivity contribution in [2.24, 2.45) is 0 Å². The van der Waals surface area contributed by atoms with Crippen molar-refractivity contribution in [2.45, 2.75) is 57.9 Å². The summed E-state index contributed by atoms with van der Waals surface area (Å²) in [6.07, 6.45) is 2.93. The maximum Gasteiger partial charge on any atom is 0.302 e. The van der Waals surface area contributed by atoms with Crippen molar-refractivity contribution in [3.63, 3.8) is 0 Å². The molecule has 268 valence electrons. The van der Waals surface area contributed by atoms with Crippen molar-refractivity contribution >= 4 is 5.97 Å². The number of carbonyl (C=O) groups is 1. The van der Waals surface area contributed by atoms with Crippen molar-refractivity contribution in [1.29, 1.82) is 0 Å². The van der Waals surface area contributed by atoms with Gasteiger partial charge in [0.2, 0.25) is 5.75 Å². The number of hydrogen-bond acceptors (Lipinski definition) is 10. The number of carbonyl (C=O) groups excluding carboxylic acids is 1. The topological polar surface area (TPSA) is 99.2 Å². The third-order valence-electron chi connectivity index (χ3n) is 10.6. The summed E-state index contributed by atoms with van der Waals surface area (Å²) in [5.74, 6) is 3.55. The van der Waals surface area contributed by atoms with Crippen LogP contribution in [-0.4, -0.2) is 69.4 Å². The third-order valence-corrected chi connectivity index (χ3v) is 10.6. The Kier molecular flexibility index (Phi) is 9.83. The molecule has 0 saturated carbocycles. The van der Waals surface area contributed by atoms with Crippen molar-refractivity contribution in [3.8, 4) is 40.2 Å². The van der Waals surface area contributed by atoms with E-state index in [2.05, 4.69) is 54.2 Å². The van der Waals surface area contributed by atoms with E-state index in [1.54, 1.807) is 21.3 Å². The average Bonchev–Trinajstić information content (AvgIpc) is 3.13. The zero-order valence-electron chi connectivity index (χ0n) is 30.2. The fourth-order valence-electron chi connectivity index (χ4n) is 7.89. The lowest BCUT2D eigenvalue weighted by atomic mass is 9.84. The number of benzene rings is 4. The first-order valence-corrected chi connectivity index (χ1v) is 17.4. The van der Waals surface area contributed by atoms with E-state index in [-0.39, 0.29) is 31.3 Å². The Morgan fingerprint density at radius 1 is 0.824 bits per heavy atom. The molecule has 10 heteroatoms. The minimum Gasteiger partial charge on any atom is -0.493 e. The summed E-state index contributed by atoms with van der Waals surface area (Å²) < 4.78 is 37.0. The van der Waals surface area contributed by atoms with Gasteiger partial charge in [-0.1, -0.05) is 18.2 Å². The molecule has 0 unspecified atom stereocenters. The predicted octanol–water partition coefficient (Wildman–Crippen LogP) is 6.71. The quantitative estimate of drug-likeness (QED) is 0.219. The van der Waals surface area contributed by atoms with Gasteiger partial charge in [-0.05, 0) is 104 Å². The SMILES string of the molecule is COc1ccc2cc1Oc1ccc(cc1)C[C@H]1c3cc(c(CO)cc3CCN1C)Oc1c(OC)c(OC)c(COC(C)=O)c3c1[C@H](C2)N(C)CC3. The third kappa shape index (κ3) is 6.59. The minimum atomic E-state index is -0.385. The molecule has 6 bridgehead atoms. The maximum absolute atomic E-state index is 12.1. The molecule has 4 aliphatic heterocycles. The molecule has 0 aromatic heterocycles. The number of hydrogen-bond donors (Lipinski definition) is 1.